The molecule has 0 radical (unpaired) electrons. The van der Waals surface area contributed by atoms with E-state index in [4.69, 9.17) is 10.3 Å². The van der Waals surface area contributed by atoms with Crippen molar-refractivity contribution < 1.29 is 9.32 Å². The Labute approximate surface area is 160 Å². The summed E-state index contributed by atoms with van der Waals surface area (Å²) in [6.07, 6.45) is 4.57. The van der Waals surface area contributed by atoms with Crippen LogP contribution in [0.4, 0.5) is 5.69 Å². The van der Waals surface area contributed by atoms with Gasteiger partial charge in [-0.25, -0.2) is 0 Å². The number of halogens is 1. The minimum absolute atomic E-state index is 0. The van der Waals surface area contributed by atoms with Crippen LogP contribution in [-0.2, 0) is 11.2 Å². The van der Waals surface area contributed by atoms with Gasteiger partial charge in [0, 0.05) is 23.2 Å². The number of benzene rings is 1. The van der Waals surface area contributed by atoms with Crippen LogP contribution in [0.15, 0.2) is 22.7 Å². The Morgan fingerprint density at radius 1 is 1.42 bits per heavy atom. The second-order valence-electron chi connectivity index (χ2n) is 7.19. The number of nitrogens with one attached hydrogen (secondary N) is 1. The Kier molecular flexibility index (Phi) is 6.42. The van der Waals surface area contributed by atoms with Gasteiger partial charge in [0.25, 0.3) is 5.89 Å². The van der Waals surface area contributed by atoms with Crippen LogP contribution in [0.5, 0.6) is 0 Å². The highest BCUT2D eigenvalue weighted by Crippen LogP contribution is 2.33. The van der Waals surface area contributed by atoms with Crippen LogP contribution in [0, 0.1) is 12.8 Å². The molecule has 2 aromatic rings. The van der Waals surface area contributed by atoms with Gasteiger partial charge in [0.05, 0.1) is 5.92 Å². The van der Waals surface area contributed by atoms with Gasteiger partial charge >= 0.3 is 0 Å². The first-order chi connectivity index (χ1) is 11.9. The molecule has 6 nitrogen and oxygen atoms in total. The number of hydrogen-bond donors (Lipinski definition) is 2. The molecule has 7 heteroatoms. The van der Waals surface area contributed by atoms with E-state index in [9.17, 15) is 4.79 Å². The fourth-order valence-corrected chi connectivity index (χ4v) is 3.41. The standard InChI is InChI=1S/C19H26N4O2.ClH/c1-4-16-22-18(25-23-16)13-9-8-12(2)15(11-13)21-17(24)14-7-5-6-10-19(14,3)20;/h8-9,11,14H,4-7,10,20H2,1-3H3,(H,21,24);1H. The van der Waals surface area contributed by atoms with Crippen molar-refractivity contribution in [1.29, 1.82) is 0 Å². The van der Waals surface area contributed by atoms with Gasteiger partial charge in [0.15, 0.2) is 5.82 Å². The molecular weight excluding hydrogens is 352 g/mol. The molecule has 1 aromatic carbocycles. The fourth-order valence-electron chi connectivity index (χ4n) is 3.41. The number of rotatable bonds is 4. The van der Waals surface area contributed by atoms with Crippen LogP contribution < -0.4 is 11.1 Å². The first-order valence-electron chi connectivity index (χ1n) is 8.94. The molecule has 2 unspecified atom stereocenters. The molecule has 0 aliphatic heterocycles. The van der Waals surface area contributed by atoms with E-state index in [-0.39, 0.29) is 24.2 Å². The van der Waals surface area contributed by atoms with Gasteiger partial charge in [-0.1, -0.05) is 31.0 Å². The average molecular weight is 379 g/mol. The number of aryl methyl sites for hydroxylation is 2. The van der Waals surface area contributed by atoms with Gasteiger partial charge in [-0.15, -0.1) is 12.4 Å². The van der Waals surface area contributed by atoms with Gasteiger partial charge in [-0.3, -0.25) is 4.79 Å². The third kappa shape index (κ3) is 4.24. The van der Waals surface area contributed by atoms with E-state index in [1.807, 2.05) is 39.0 Å². The summed E-state index contributed by atoms with van der Waals surface area (Å²) >= 11 is 0. The summed E-state index contributed by atoms with van der Waals surface area (Å²) in [6.45, 7) is 5.92. The summed E-state index contributed by atoms with van der Waals surface area (Å²) in [7, 11) is 0. The maximum absolute atomic E-state index is 12.8. The molecule has 0 spiro atoms. The molecule has 1 saturated carbocycles. The van der Waals surface area contributed by atoms with E-state index in [1.165, 1.54) is 0 Å². The molecule has 3 rings (SSSR count). The Bertz CT molecular complexity index is 773. The molecule has 2 atom stereocenters. The number of aromatic nitrogens is 2. The lowest BCUT2D eigenvalue weighted by Gasteiger charge is -2.37. The molecule has 0 bridgehead atoms. The van der Waals surface area contributed by atoms with E-state index in [2.05, 4.69) is 15.5 Å². The van der Waals surface area contributed by atoms with E-state index in [0.29, 0.717) is 11.7 Å². The first-order valence-corrected chi connectivity index (χ1v) is 8.94. The van der Waals surface area contributed by atoms with Crippen molar-refractivity contribution in [3.8, 4) is 11.5 Å². The number of amides is 1. The maximum Gasteiger partial charge on any atom is 0.257 e. The third-order valence-corrected chi connectivity index (χ3v) is 5.10. The molecule has 26 heavy (non-hydrogen) atoms. The number of nitrogens with two attached hydrogens (primary N) is 1. The Balaban J connectivity index is 0.00000243. The molecule has 0 saturated heterocycles. The number of hydrogen-bond acceptors (Lipinski definition) is 5. The average Bonchev–Trinajstić information content (AvgIpc) is 3.05. The quantitative estimate of drug-likeness (QED) is 0.841. The normalized spacial score (nSPS) is 22.5. The molecule has 1 aliphatic carbocycles. The summed E-state index contributed by atoms with van der Waals surface area (Å²) in [5, 5.41) is 6.98. The Morgan fingerprint density at radius 3 is 2.85 bits per heavy atom. The molecule has 1 aromatic heterocycles. The van der Waals surface area contributed by atoms with Crippen LogP contribution in [0.3, 0.4) is 0 Å². The Hall–Kier alpha value is -1.92. The molecule has 142 valence electrons. The minimum atomic E-state index is -0.448. The van der Waals surface area contributed by atoms with E-state index in [0.717, 1.165) is 48.9 Å². The monoisotopic (exact) mass is 378 g/mol. The van der Waals surface area contributed by atoms with Crippen molar-refractivity contribution in [3.05, 3.63) is 29.6 Å². The lowest BCUT2D eigenvalue weighted by atomic mass is 9.74. The zero-order valence-electron chi connectivity index (χ0n) is 15.5. The van der Waals surface area contributed by atoms with Crippen LogP contribution >= 0.6 is 12.4 Å². The molecular formula is C19H27ClN4O2. The zero-order chi connectivity index (χ0) is 18.0. The summed E-state index contributed by atoms with van der Waals surface area (Å²) in [5.74, 6) is 0.958. The smallest absolute Gasteiger partial charge is 0.257 e. The second kappa shape index (κ2) is 8.18. The zero-order valence-corrected chi connectivity index (χ0v) is 16.4. The molecule has 1 heterocycles. The summed E-state index contributed by atoms with van der Waals surface area (Å²) < 4.78 is 5.30. The first kappa shape index (κ1) is 20.4. The minimum Gasteiger partial charge on any atom is -0.334 e. The molecule has 1 aliphatic rings. The fraction of sp³-hybridized carbons (Fsp3) is 0.526. The third-order valence-electron chi connectivity index (χ3n) is 5.10. The highest BCUT2D eigenvalue weighted by atomic mass is 35.5. The molecule has 1 amide bonds. The Morgan fingerprint density at radius 2 is 2.19 bits per heavy atom. The second-order valence-corrected chi connectivity index (χ2v) is 7.19. The van der Waals surface area contributed by atoms with Gasteiger partial charge in [-0.2, -0.15) is 4.98 Å². The highest BCUT2D eigenvalue weighted by Gasteiger charge is 2.37. The van der Waals surface area contributed by atoms with Crippen molar-refractivity contribution in [2.45, 2.75) is 58.4 Å². The topological polar surface area (TPSA) is 94.0 Å². The van der Waals surface area contributed by atoms with Gasteiger partial charge < -0.3 is 15.6 Å². The lowest BCUT2D eigenvalue weighted by molar-refractivity contribution is -0.122. The van der Waals surface area contributed by atoms with Crippen molar-refractivity contribution in [2.75, 3.05) is 5.32 Å². The van der Waals surface area contributed by atoms with E-state index < -0.39 is 5.54 Å². The van der Waals surface area contributed by atoms with Crippen molar-refractivity contribution >= 4 is 24.0 Å². The maximum atomic E-state index is 12.8. The van der Waals surface area contributed by atoms with Gasteiger partial charge in [0.1, 0.15) is 0 Å². The van der Waals surface area contributed by atoms with E-state index >= 15 is 0 Å². The van der Waals surface area contributed by atoms with Crippen LogP contribution in [-0.4, -0.2) is 21.6 Å². The molecule has 3 N–H and O–H groups in total. The highest BCUT2D eigenvalue weighted by molar-refractivity contribution is 5.94. The number of carbonyl (C=O) groups excluding carboxylic acids is 1. The largest absolute Gasteiger partial charge is 0.334 e. The van der Waals surface area contributed by atoms with Crippen LogP contribution in [0.2, 0.25) is 0 Å². The summed E-state index contributed by atoms with van der Waals surface area (Å²) in [4.78, 5) is 17.1. The summed E-state index contributed by atoms with van der Waals surface area (Å²) in [6, 6.07) is 5.76. The number of anilines is 1. The van der Waals surface area contributed by atoms with Crippen LogP contribution in [0.1, 0.15) is 50.9 Å². The predicted octanol–water partition coefficient (Wildman–Crippen LogP) is 3.88. The summed E-state index contributed by atoms with van der Waals surface area (Å²) in [5.41, 5.74) is 8.46. The van der Waals surface area contributed by atoms with Crippen LogP contribution in [0.25, 0.3) is 11.5 Å². The predicted molar refractivity (Wildman–Crippen MR) is 104 cm³/mol. The molecule has 1 fully saturated rings. The number of nitrogens with zero attached hydrogens (tertiary/aromatic N) is 2. The lowest BCUT2D eigenvalue weighted by Crippen LogP contribution is -2.51. The number of carbonyl (C=O) groups is 1. The SMILES string of the molecule is CCc1noc(-c2ccc(C)c(NC(=O)C3CCCCC3(C)N)c2)n1.Cl. The van der Waals surface area contributed by atoms with Crippen molar-refractivity contribution in [2.24, 2.45) is 11.7 Å². The van der Waals surface area contributed by atoms with E-state index in [1.54, 1.807) is 0 Å². The van der Waals surface area contributed by atoms with Gasteiger partial charge in [-0.05, 0) is 44.4 Å². The van der Waals surface area contributed by atoms with Crippen molar-refractivity contribution in [3.63, 3.8) is 0 Å². The van der Waals surface area contributed by atoms with Crippen molar-refractivity contribution in [1.82, 2.24) is 10.1 Å². The van der Waals surface area contributed by atoms with Gasteiger partial charge in [0.2, 0.25) is 5.91 Å².